The molecule has 1 aromatic heterocycles. The first kappa shape index (κ1) is 24.3. The fraction of sp³-hybridized carbons (Fsp3) is 0.647. The molecular weight excluding hydrogens is 406 g/mol. The van der Waals surface area contributed by atoms with Crippen LogP contribution >= 0.6 is 24.2 Å². The number of nitrogens with two attached hydrogens (primary N) is 1. The molecule has 1 fully saturated rings. The Morgan fingerprint density at radius 2 is 2.21 bits per heavy atom. The molecule has 4 N–H and O–H groups in total. The standard InChI is InChI=1S/C17H27N5O4S.ClH/c1-11-8-14(21-26-11)20-16(24)12(2)27-10-15(23)22-7-3-4-13(9-22)17(25)19-6-5-18;/h8,12-13H,3-7,9-10,18H2,1-2H3,(H,19,25)(H,20,21,24);1H. The van der Waals surface area contributed by atoms with E-state index in [0.29, 0.717) is 37.8 Å². The third kappa shape index (κ3) is 7.33. The van der Waals surface area contributed by atoms with Crippen LogP contribution in [0.1, 0.15) is 25.5 Å². The average Bonchev–Trinajstić information content (AvgIpc) is 3.08. The predicted molar refractivity (Wildman–Crippen MR) is 110 cm³/mol. The van der Waals surface area contributed by atoms with E-state index in [9.17, 15) is 14.4 Å². The van der Waals surface area contributed by atoms with Crippen LogP contribution in [0.3, 0.4) is 0 Å². The summed E-state index contributed by atoms with van der Waals surface area (Å²) < 4.78 is 4.90. The van der Waals surface area contributed by atoms with E-state index in [1.807, 2.05) is 0 Å². The van der Waals surface area contributed by atoms with E-state index in [4.69, 9.17) is 10.3 Å². The van der Waals surface area contributed by atoms with Gasteiger partial charge in [0.25, 0.3) is 0 Å². The van der Waals surface area contributed by atoms with E-state index in [1.165, 1.54) is 11.8 Å². The highest BCUT2D eigenvalue weighted by Gasteiger charge is 2.28. The minimum absolute atomic E-state index is 0. The Morgan fingerprint density at radius 3 is 2.86 bits per heavy atom. The van der Waals surface area contributed by atoms with Crippen molar-refractivity contribution in [3.8, 4) is 0 Å². The second-order valence-corrected chi connectivity index (χ2v) is 7.85. The van der Waals surface area contributed by atoms with Crippen LogP contribution in [0, 0.1) is 12.8 Å². The molecule has 0 aliphatic carbocycles. The van der Waals surface area contributed by atoms with E-state index in [1.54, 1.807) is 24.8 Å². The Hall–Kier alpha value is -1.78. The number of carbonyl (C=O) groups is 3. The van der Waals surface area contributed by atoms with Crippen molar-refractivity contribution in [1.29, 1.82) is 0 Å². The summed E-state index contributed by atoms with van der Waals surface area (Å²) in [6, 6.07) is 1.63. The summed E-state index contributed by atoms with van der Waals surface area (Å²) in [7, 11) is 0. The van der Waals surface area contributed by atoms with Gasteiger partial charge in [0.05, 0.1) is 16.9 Å². The number of nitrogens with zero attached hydrogens (tertiary/aromatic N) is 2. The lowest BCUT2D eigenvalue weighted by Crippen LogP contribution is -2.46. The van der Waals surface area contributed by atoms with Crippen LogP contribution in [0.15, 0.2) is 10.6 Å². The van der Waals surface area contributed by atoms with E-state index in [2.05, 4.69) is 15.8 Å². The van der Waals surface area contributed by atoms with Crippen molar-refractivity contribution in [1.82, 2.24) is 15.4 Å². The molecule has 0 radical (unpaired) electrons. The highest BCUT2D eigenvalue weighted by atomic mass is 35.5. The second-order valence-electron chi connectivity index (χ2n) is 6.52. The lowest BCUT2D eigenvalue weighted by molar-refractivity contribution is -0.133. The van der Waals surface area contributed by atoms with Gasteiger partial charge in [0.2, 0.25) is 17.7 Å². The van der Waals surface area contributed by atoms with Gasteiger partial charge in [-0.3, -0.25) is 14.4 Å². The maximum absolute atomic E-state index is 12.5. The molecule has 1 aliphatic rings. The van der Waals surface area contributed by atoms with Gasteiger partial charge in [0.1, 0.15) is 5.76 Å². The molecule has 3 amide bonds. The zero-order valence-electron chi connectivity index (χ0n) is 16.1. The molecule has 0 bridgehead atoms. The van der Waals surface area contributed by atoms with Crippen molar-refractivity contribution in [2.45, 2.75) is 31.9 Å². The van der Waals surface area contributed by atoms with Gasteiger partial charge in [-0.05, 0) is 26.7 Å². The quantitative estimate of drug-likeness (QED) is 0.552. The van der Waals surface area contributed by atoms with Crippen LogP contribution in [-0.2, 0) is 14.4 Å². The molecule has 2 rings (SSSR count). The molecule has 0 spiro atoms. The smallest absolute Gasteiger partial charge is 0.238 e. The monoisotopic (exact) mass is 433 g/mol. The normalized spacial score (nSPS) is 17.4. The number of hydrogen-bond donors (Lipinski definition) is 3. The van der Waals surface area contributed by atoms with Crippen molar-refractivity contribution in [3.63, 3.8) is 0 Å². The van der Waals surface area contributed by atoms with E-state index in [0.717, 1.165) is 12.8 Å². The summed E-state index contributed by atoms with van der Waals surface area (Å²) in [6.45, 7) is 5.36. The first-order valence-electron chi connectivity index (χ1n) is 9.02. The van der Waals surface area contributed by atoms with Crippen molar-refractivity contribution in [2.75, 3.05) is 37.2 Å². The van der Waals surface area contributed by atoms with Crippen LogP contribution in [0.2, 0.25) is 0 Å². The predicted octanol–water partition coefficient (Wildman–Crippen LogP) is 0.779. The zero-order valence-corrected chi connectivity index (χ0v) is 17.7. The second kappa shape index (κ2) is 11.9. The molecule has 158 valence electrons. The molecule has 0 saturated carbocycles. The van der Waals surface area contributed by atoms with Gasteiger partial charge in [-0.15, -0.1) is 24.2 Å². The maximum Gasteiger partial charge on any atom is 0.238 e. The summed E-state index contributed by atoms with van der Waals surface area (Å²) in [5.74, 6) is 0.599. The summed E-state index contributed by atoms with van der Waals surface area (Å²) in [5.41, 5.74) is 5.40. The first-order chi connectivity index (χ1) is 12.9. The van der Waals surface area contributed by atoms with Crippen LogP contribution in [-0.4, -0.2) is 65.0 Å². The van der Waals surface area contributed by atoms with Crippen LogP contribution in [0.25, 0.3) is 0 Å². The van der Waals surface area contributed by atoms with Crippen molar-refractivity contribution < 1.29 is 18.9 Å². The number of aromatic nitrogens is 1. The minimum Gasteiger partial charge on any atom is -0.360 e. The maximum atomic E-state index is 12.5. The van der Waals surface area contributed by atoms with Gasteiger partial charge in [-0.25, -0.2) is 0 Å². The fourth-order valence-corrected chi connectivity index (χ4v) is 3.56. The van der Waals surface area contributed by atoms with Gasteiger partial charge in [-0.2, -0.15) is 0 Å². The lowest BCUT2D eigenvalue weighted by atomic mass is 9.97. The van der Waals surface area contributed by atoms with Gasteiger partial charge >= 0.3 is 0 Å². The van der Waals surface area contributed by atoms with Crippen LogP contribution in [0.4, 0.5) is 5.82 Å². The van der Waals surface area contributed by atoms with E-state index >= 15 is 0 Å². The third-order valence-electron chi connectivity index (χ3n) is 4.29. The lowest BCUT2D eigenvalue weighted by Gasteiger charge is -2.32. The van der Waals surface area contributed by atoms with Gasteiger partial charge in [0, 0.05) is 32.2 Å². The van der Waals surface area contributed by atoms with Gasteiger partial charge < -0.3 is 25.8 Å². The highest BCUT2D eigenvalue weighted by Crippen LogP contribution is 2.20. The Bertz CT molecular complexity index is 672. The van der Waals surface area contributed by atoms with E-state index < -0.39 is 5.25 Å². The number of aryl methyl sites for hydroxylation is 1. The molecule has 28 heavy (non-hydrogen) atoms. The Labute approximate surface area is 174 Å². The molecule has 11 heteroatoms. The Balaban J connectivity index is 0.00000392. The van der Waals surface area contributed by atoms with Crippen molar-refractivity contribution in [3.05, 3.63) is 11.8 Å². The number of carbonyl (C=O) groups excluding carboxylic acids is 3. The molecular formula is C17H28ClN5O4S. The van der Waals surface area contributed by atoms with E-state index in [-0.39, 0.29) is 41.8 Å². The number of rotatable bonds is 8. The largest absolute Gasteiger partial charge is 0.360 e. The average molecular weight is 434 g/mol. The molecule has 9 nitrogen and oxygen atoms in total. The van der Waals surface area contributed by atoms with Crippen molar-refractivity contribution in [2.24, 2.45) is 11.7 Å². The number of nitrogens with one attached hydrogen (secondary N) is 2. The van der Waals surface area contributed by atoms with Crippen LogP contribution in [0.5, 0.6) is 0 Å². The number of piperidine rings is 1. The molecule has 1 saturated heterocycles. The van der Waals surface area contributed by atoms with Crippen molar-refractivity contribution >= 4 is 47.7 Å². The number of halogens is 1. The number of amides is 3. The SMILES string of the molecule is Cc1cc(NC(=O)C(C)SCC(=O)N2CCCC(C(=O)NCCN)C2)no1.Cl. The number of hydrogen-bond acceptors (Lipinski definition) is 7. The number of anilines is 1. The highest BCUT2D eigenvalue weighted by molar-refractivity contribution is 8.01. The molecule has 2 heterocycles. The number of likely N-dealkylation sites (tertiary alicyclic amines) is 1. The molecule has 2 unspecified atom stereocenters. The minimum atomic E-state index is -0.417. The molecule has 2 atom stereocenters. The number of thioether (sulfide) groups is 1. The summed E-state index contributed by atoms with van der Waals surface area (Å²) in [6.07, 6.45) is 1.56. The molecule has 0 aromatic carbocycles. The first-order valence-corrected chi connectivity index (χ1v) is 10.1. The summed E-state index contributed by atoms with van der Waals surface area (Å²) >= 11 is 1.26. The topological polar surface area (TPSA) is 131 Å². The Kier molecular flexibility index (Phi) is 10.3. The Morgan fingerprint density at radius 1 is 1.46 bits per heavy atom. The summed E-state index contributed by atoms with van der Waals surface area (Å²) in [5, 5.41) is 8.73. The molecule has 1 aliphatic heterocycles. The van der Waals surface area contributed by atoms with Crippen LogP contribution < -0.4 is 16.4 Å². The van der Waals surface area contributed by atoms with Gasteiger partial charge in [-0.1, -0.05) is 5.16 Å². The summed E-state index contributed by atoms with van der Waals surface area (Å²) in [4.78, 5) is 38.4. The van der Waals surface area contributed by atoms with Gasteiger partial charge in [0.15, 0.2) is 5.82 Å². The zero-order chi connectivity index (χ0) is 19.8. The third-order valence-corrected chi connectivity index (χ3v) is 5.42. The molecule has 1 aromatic rings. The fourth-order valence-electron chi connectivity index (χ4n) is 2.77.